The van der Waals surface area contributed by atoms with Gasteiger partial charge < -0.3 is 5.32 Å². The van der Waals surface area contributed by atoms with Crippen molar-refractivity contribution in [3.63, 3.8) is 0 Å². The Morgan fingerprint density at radius 1 is 1.19 bits per heavy atom. The number of anilines is 1. The van der Waals surface area contributed by atoms with Crippen LogP contribution in [0.25, 0.3) is 0 Å². The monoisotopic (exact) mass is 339 g/mol. The lowest BCUT2D eigenvalue weighted by Gasteiger charge is -2.04. The SMILES string of the molecule is Cc1ccc2c(c1Br)C(=Nc1ccc(C#N)cc1)C(=O)N2. The van der Waals surface area contributed by atoms with Gasteiger partial charge in [0.25, 0.3) is 5.91 Å². The van der Waals surface area contributed by atoms with Gasteiger partial charge in [0, 0.05) is 10.0 Å². The second kappa shape index (κ2) is 5.15. The van der Waals surface area contributed by atoms with E-state index in [0.29, 0.717) is 17.0 Å². The normalized spacial score (nSPS) is 14.7. The first-order valence-corrected chi connectivity index (χ1v) is 7.09. The van der Waals surface area contributed by atoms with Crippen LogP contribution in [-0.2, 0) is 4.79 Å². The second-order valence-corrected chi connectivity index (χ2v) is 5.49. The lowest BCUT2D eigenvalue weighted by molar-refractivity contribution is -0.110. The van der Waals surface area contributed by atoms with Gasteiger partial charge >= 0.3 is 0 Å². The van der Waals surface area contributed by atoms with Crippen molar-refractivity contribution in [3.8, 4) is 6.07 Å². The number of nitriles is 1. The molecule has 0 saturated heterocycles. The van der Waals surface area contributed by atoms with Crippen LogP contribution < -0.4 is 5.32 Å². The summed E-state index contributed by atoms with van der Waals surface area (Å²) in [4.78, 5) is 16.5. The molecule has 5 heteroatoms. The molecule has 0 spiro atoms. The highest BCUT2D eigenvalue weighted by atomic mass is 79.9. The van der Waals surface area contributed by atoms with Crippen LogP contribution in [0.1, 0.15) is 16.7 Å². The Kier molecular flexibility index (Phi) is 3.32. The van der Waals surface area contributed by atoms with Gasteiger partial charge in [0.2, 0.25) is 0 Å². The predicted molar refractivity (Wildman–Crippen MR) is 84.9 cm³/mol. The fourth-order valence-electron chi connectivity index (χ4n) is 2.16. The summed E-state index contributed by atoms with van der Waals surface area (Å²) in [7, 11) is 0. The molecule has 1 heterocycles. The first-order chi connectivity index (χ1) is 10.1. The number of aliphatic imine (C=N–C) groups is 1. The minimum absolute atomic E-state index is 0.222. The fraction of sp³-hybridized carbons (Fsp3) is 0.0625. The standard InChI is InChI=1S/C16H10BrN3O/c1-9-2-7-12-13(14(9)17)15(16(21)20-12)19-11-5-3-10(8-18)4-6-11/h2-7H,1H3,(H,19,20,21). The van der Waals surface area contributed by atoms with Gasteiger partial charge in [-0.1, -0.05) is 6.07 Å². The zero-order valence-electron chi connectivity index (χ0n) is 11.1. The number of carbonyl (C=O) groups excluding carboxylic acids is 1. The van der Waals surface area contributed by atoms with Crippen LogP contribution in [0.3, 0.4) is 0 Å². The van der Waals surface area contributed by atoms with Gasteiger partial charge in [-0.3, -0.25) is 4.79 Å². The summed E-state index contributed by atoms with van der Waals surface area (Å²) in [6.07, 6.45) is 0. The predicted octanol–water partition coefficient (Wildman–Crippen LogP) is 3.70. The van der Waals surface area contributed by atoms with Crippen LogP contribution in [0.5, 0.6) is 0 Å². The van der Waals surface area contributed by atoms with E-state index in [2.05, 4.69) is 32.3 Å². The molecule has 1 amide bonds. The summed E-state index contributed by atoms with van der Waals surface area (Å²) in [6.45, 7) is 1.96. The van der Waals surface area contributed by atoms with Crippen LogP contribution in [-0.4, -0.2) is 11.6 Å². The number of halogens is 1. The third-order valence-electron chi connectivity index (χ3n) is 3.27. The lowest BCUT2D eigenvalue weighted by atomic mass is 10.1. The zero-order valence-corrected chi connectivity index (χ0v) is 12.7. The Hall–Kier alpha value is -2.45. The number of nitrogens with zero attached hydrogens (tertiary/aromatic N) is 2. The van der Waals surface area contributed by atoms with E-state index in [0.717, 1.165) is 21.3 Å². The molecular weight excluding hydrogens is 330 g/mol. The van der Waals surface area contributed by atoms with Crippen molar-refractivity contribution < 1.29 is 4.79 Å². The minimum atomic E-state index is -0.222. The van der Waals surface area contributed by atoms with E-state index in [1.807, 2.05) is 19.1 Å². The Morgan fingerprint density at radius 2 is 1.90 bits per heavy atom. The first kappa shape index (κ1) is 13.5. The maximum absolute atomic E-state index is 12.1. The molecule has 0 atom stereocenters. The number of amides is 1. The van der Waals surface area contributed by atoms with E-state index in [1.165, 1.54) is 0 Å². The average molecular weight is 340 g/mol. The highest BCUT2D eigenvalue weighted by Crippen LogP contribution is 2.34. The Balaban J connectivity index is 2.11. The highest BCUT2D eigenvalue weighted by molar-refractivity contribution is 9.10. The van der Waals surface area contributed by atoms with Crippen LogP contribution in [0.4, 0.5) is 11.4 Å². The van der Waals surface area contributed by atoms with Gasteiger partial charge in [0.05, 0.1) is 23.0 Å². The number of benzene rings is 2. The van der Waals surface area contributed by atoms with Gasteiger partial charge in [-0.05, 0) is 58.7 Å². The van der Waals surface area contributed by atoms with E-state index in [1.54, 1.807) is 24.3 Å². The number of fused-ring (bicyclic) bond motifs is 1. The van der Waals surface area contributed by atoms with Crippen molar-refractivity contribution in [1.82, 2.24) is 0 Å². The smallest absolute Gasteiger partial charge is 0.275 e. The molecule has 3 rings (SSSR count). The molecular formula is C16H10BrN3O. The molecule has 0 aromatic heterocycles. The largest absolute Gasteiger partial charge is 0.320 e. The third kappa shape index (κ3) is 2.34. The van der Waals surface area contributed by atoms with Crippen LogP contribution in [0, 0.1) is 18.3 Å². The molecule has 1 N–H and O–H groups in total. The maximum Gasteiger partial charge on any atom is 0.275 e. The molecule has 0 aliphatic carbocycles. The summed E-state index contributed by atoms with van der Waals surface area (Å²) in [5.41, 5.74) is 4.16. The number of hydrogen-bond donors (Lipinski definition) is 1. The molecule has 21 heavy (non-hydrogen) atoms. The second-order valence-electron chi connectivity index (χ2n) is 4.69. The molecule has 0 bridgehead atoms. The highest BCUT2D eigenvalue weighted by Gasteiger charge is 2.28. The Morgan fingerprint density at radius 3 is 2.57 bits per heavy atom. The van der Waals surface area contributed by atoms with Crippen molar-refractivity contribution in [2.24, 2.45) is 4.99 Å². The van der Waals surface area contributed by atoms with Crippen molar-refractivity contribution >= 4 is 38.9 Å². The van der Waals surface area contributed by atoms with Crippen LogP contribution in [0.15, 0.2) is 45.9 Å². The van der Waals surface area contributed by atoms with E-state index < -0.39 is 0 Å². The molecule has 102 valence electrons. The number of nitrogens with one attached hydrogen (secondary N) is 1. The first-order valence-electron chi connectivity index (χ1n) is 6.30. The number of aryl methyl sites for hydroxylation is 1. The maximum atomic E-state index is 12.1. The van der Waals surface area contributed by atoms with Crippen LogP contribution >= 0.6 is 15.9 Å². The molecule has 0 unspecified atom stereocenters. The van der Waals surface area contributed by atoms with Gasteiger partial charge in [-0.2, -0.15) is 5.26 Å². The van der Waals surface area contributed by atoms with Crippen LogP contribution in [0.2, 0.25) is 0 Å². The Bertz CT molecular complexity index is 817. The summed E-state index contributed by atoms with van der Waals surface area (Å²) in [6, 6.07) is 12.7. The number of hydrogen-bond acceptors (Lipinski definition) is 3. The number of carbonyl (C=O) groups is 1. The van der Waals surface area contributed by atoms with E-state index in [-0.39, 0.29) is 5.91 Å². The van der Waals surface area contributed by atoms with Crippen molar-refractivity contribution in [2.45, 2.75) is 6.92 Å². The molecule has 1 aliphatic rings. The molecule has 0 radical (unpaired) electrons. The minimum Gasteiger partial charge on any atom is -0.320 e. The van der Waals surface area contributed by atoms with Crippen molar-refractivity contribution in [3.05, 3.63) is 57.6 Å². The molecule has 0 fully saturated rings. The number of rotatable bonds is 1. The quantitative estimate of drug-likeness (QED) is 0.860. The molecule has 1 aliphatic heterocycles. The van der Waals surface area contributed by atoms with E-state index in [9.17, 15) is 4.79 Å². The average Bonchev–Trinajstić information content (AvgIpc) is 2.81. The topological polar surface area (TPSA) is 65.2 Å². The molecule has 4 nitrogen and oxygen atoms in total. The van der Waals surface area contributed by atoms with E-state index >= 15 is 0 Å². The molecule has 2 aromatic carbocycles. The summed E-state index contributed by atoms with van der Waals surface area (Å²) >= 11 is 3.52. The lowest BCUT2D eigenvalue weighted by Crippen LogP contribution is -2.14. The molecule has 0 saturated carbocycles. The Labute approximate surface area is 130 Å². The zero-order chi connectivity index (χ0) is 15.0. The summed E-state index contributed by atoms with van der Waals surface area (Å²) in [5, 5.41) is 11.6. The third-order valence-corrected chi connectivity index (χ3v) is 4.29. The van der Waals surface area contributed by atoms with Crippen molar-refractivity contribution in [1.29, 1.82) is 5.26 Å². The van der Waals surface area contributed by atoms with Gasteiger partial charge in [0.1, 0.15) is 5.71 Å². The summed E-state index contributed by atoms with van der Waals surface area (Å²) < 4.78 is 0.866. The van der Waals surface area contributed by atoms with Gasteiger partial charge in [-0.15, -0.1) is 0 Å². The van der Waals surface area contributed by atoms with Crippen molar-refractivity contribution in [2.75, 3.05) is 5.32 Å². The van der Waals surface area contributed by atoms with Gasteiger partial charge in [-0.25, -0.2) is 4.99 Å². The van der Waals surface area contributed by atoms with E-state index in [4.69, 9.17) is 5.26 Å². The summed E-state index contributed by atoms with van der Waals surface area (Å²) in [5.74, 6) is -0.222. The fourth-order valence-corrected chi connectivity index (χ4v) is 2.69. The molecule has 2 aromatic rings. The van der Waals surface area contributed by atoms with Gasteiger partial charge in [0.15, 0.2) is 0 Å².